The van der Waals surface area contributed by atoms with Crippen molar-refractivity contribution in [3.63, 3.8) is 0 Å². The molecule has 0 saturated heterocycles. The van der Waals surface area contributed by atoms with E-state index in [9.17, 15) is 0 Å². The summed E-state index contributed by atoms with van der Waals surface area (Å²) in [5, 5.41) is 6.94. The molecule has 2 nitrogen and oxygen atoms in total. The van der Waals surface area contributed by atoms with Gasteiger partial charge in [-0.25, -0.2) is 0 Å². The van der Waals surface area contributed by atoms with Crippen molar-refractivity contribution >= 4 is 11.4 Å². The summed E-state index contributed by atoms with van der Waals surface area (Å²) in [6.07, 6.45) is 0. The lowest BCUT2D eigenvalue weighted by Gasteiger charge is -2.38. The zero-order chi connectivity index (χ0) is 30.3. The monoisotopic (exact) mass is 544 g/mol. The van der Waals surface area contributed by atoms with Gasteiger partial charge >= 0.3 is 0 Å². The van der Waals surface area contributed by atoms with E-state index in [1.807, 2.05) is 14.1 Å². The lowest BCUT2D eigenvalue weighted by Crippen LogP contribution is -2.32. The number of nitrogens with one attached hydrogen (secondary N) is 2. The molecule has 0 heterocycles. The zero-order valence-electron chi connectivity index (χ0n) is 27.8. The Morgan fingerprint density at radius 3 is 0.927 bits per heavy atom. The third kappa shape index (κ3) is 3.69. The van der Waals surface area contributed by atoms with E-state index >= 15 is 0 Å². The molecule has 2 heteroatoms. The Morgan fingerprint density at radius 2 is 0.659 bits per heavy atom. The predicted molar refractivity (Wildman–Crippen MR) is 180 cm³/mol. The highest BCUT2D eigenvalue weighted by atomic mass is 14.8. The van der Waals surface area contributed by atoms with Gasteiger partial charge in [-0.05, 0) is 183 Å². The molecular formula is C39H48N2. The molecule has 0 amide bonds. The van der Waals surface area contributed by atoms with Crippen molar-refractivity contribution in [3.05, 3.63) is 113 Å². The lowest BCUT2D eigenvalue weighted by atomic mass is 9.63. The summed E-state index contributed by atoms with van der Waals surface area (Å²) in [4.78, 5) is 0. The van der Waals surface area contributed by atoms with Crippen LogP contribution in [0.5, 0.6) is 0 Å². The Labute approximate surface area is 248 Å². The molecule has 0 aliphatic heterocycles. The van der Waals surface area contributed by atoms with Crippen LogP contribution in [-0.2, 0) is 5.41 Å². The summed E-state index contributed by atoms with van der Waals surface area (Å²) < 4.78 is 0. The first-order valence-corrected chi connectivity index (χ1v) is 15.1. The second-order valence-corrected chi connectivity index (χ2v) is 12.7. The van der Waals surface area contributed by atoms with E-state index in [1.165, 1.54) is 112 Å². The fraction of sp³-hybridized carbons (Fsp3) is 0.385. The van der Waals surface area contributed by atoms with Gasteiger partial charge in [0, 0.05) is 25.5 Å². The molecule has 1 aliphatic rings. The maximum absolute atomic E-state index is 3.47. The Morgan fingerprint density at radius 1 is 0.390 bits per heavy atom. The van der Waals surface area contributed by atoms with Gasteiger partial charge < -0.3 is 10.6 Å². The minimum atomic E-state index is -0.436. The fourth-order valence-corrected chi connectivity index (χ4v) is 8.21. The molecule has 0 saturated carbocycles. The highest BCUT2D eigenvalue weighted by molar-refractivity contribution is 5.94. The van der Waals surface area contributed by atoms with Gasteiger partial charge in [-0.15, -0.1) is 0 Å². The molecule has 214 valence electrons. The van der Waals surface area contributed by atoms with E-state index in [2.05, 4.69) is 118 Å². The van der Waals surface area contributed by atoms with Crippen LogP contribution in [0, 0.1) is 83.1 Å². The third-order valence-corrected chi connectivity index (χ3v) is 10.8. The minimum Gasteiger partial charge on any atom is -0.388 e. The molecule has 41 heavy (non-hydrogen) atoms. The number of fused-ring (bicyclic) bond motifs is 3. The Kier molecular flexibility index (Phi) is 6.92. The van der Waals surface area contributed by atoms with Gasteiger partial charge in [-0.2, -0.15) is 0 Å². The lowest BCUT2D eigenvalue weighted by molar-refractivity contribution is 0.747. The number of rotatable bonds is 4. The van der Waals surface area contributed by atoms with Crippen LogP contribution in [0.1, 0.15) is 89.0 Å². The number of aryl methyl sites for hydroxylation is 4. The van der Waals surface area contributed by atoms with Gasteiger partial charge in [0.05, 0.1) is 5.41 Å². The molecule has 0 spiro atoms. The summed E-state index contributed by atoms with van der Waals surface area (Å²) in [6, 6.07) is 9.84. The summed E-state index contributed by atoms with van der Waals surface area (Å²) in [5.41, 5.74) is 27.0. The molecule has 0 aromatic heterocycles. The number of hydrogen-bond donors (Lipinski definition) is 2. The molecule has 5 rings (SSSR count). The maximum atomic E-state index is 3.47. The van der Waals surface area contributed by atoms with E-state index in [4.69, 9.17) is 0 Å². The first kappa shape index (κ1) is 29.0. The van der Waals surface area contributed by atoms with E-state index in [-0.39, 0.29) is 0 Å². The first-order chi connectivity index (χ1) is 19.2. The second-order valence-electron chi connectivity index (χ2n) is 12.7. The van der Waals surface area contributed by atoms with Gasteiger partial charge in [0.2, 0.25) is 0 Å². The zero-order valence-corrected chi connectivity index (χ0v) is 27.8. The fourth-order valence-electron chi connectivity index (χ4n) is 8.21. The molecule has 0 bridgehead atoms. The topological polar surface area (TPSA) is 24.1 Å². The van der Waals surface area contributed by atoms with Crippen LogP contribution < -0.4 is 10.6 Å². The molecule has 2 N–H and O–H groups in total. The second kappa shape index (κ2) is 9.79. The van der Waals surface area contributed by atoms with Crippen molar-refractivity contribution in [2.75, 3.05) is 24.7 Å². The van der Waals surface area contributed by atoms with E-state index in [1.54, 1.807) is 0 Å². The molecule has 0 fully saturated rings. The van der Waals surface area contributed by atoms with Crippen molar-refractivity contribution in [1.82, 2.24) is 0 Å². The van der Waals surface area contributed by atoms with Gasteiger partial charge in [0.1, 0.15) is 0 Å². The van der Waals surface area contributed by atoms with Crippen molar-refractivity contribution in [2.45, 2.75) is 88.5 Å². The van der Waals surface area contributed by atoms with E-state index < -0.39 is 5.41 Å². The predicted octanol–water partition coefficient (Wildman–Crippen LogP) is 9.83. The number of anilines is 2. The smallest absolute Gasteiger partial charge is 0.0719 e. The summed E-state index contributed by atoms with van der Waals surface area (Å²) in [6.45, 7) is 27.7. The minimum absolute atomic E-state index is 0.436. The largest absolute Gasteiger partial charge is 0.388 e. The molecule has 0 unspecified atom stereocenters. The van der Waals surface area contributed by atoms with Gasteiger partial charge in [0.25, 0.3) is 0 Å². The highest BCUT2D eigenvalue weighted by Gasteiger charge is 2.50. The normalized spacial score (nSPS) is 13.3. The molecule has 0 radical (unpaired) electrons. The van der Waals surface area contributed by atoms with Crippen LogP contribution in [0.15, 0.2) is 24.3 Å². The van der Waals surface area contributed by atoms with Crippen molar-refractivity contribution < 1.29 is 0 Å². The van der Waals surface area contributed by atoms with Crippen LogP contribution in [0.2, 0.25) is 0 Å². The van der Waals surface area contributed by atoms with E-state index in [0.29, 0.717) is 0 Å². The van der Waals surface area contributed by atoms with Crippen LogP contribution in [-0.4, -0.2) is 14.1 Å². The van der Waals surface area contributed by atoms with Gasteiger partial charge in [-0.1, -0.05) is 24.3 Å². The molecule has 0 atom stereocenters. The maximum Gasteiger partial charge on any atom is 0.0719 e. The first-order valence-electron chi connectivity index (χ1n) is 15.1. The molecule has 1 aliphatic carbocycles. The Bertz CT molecular complexity index is 1590. The Balaban J connectivity index is 2.18. The summed E-state index contributed by atoms with van der Waals surface area (Å²) in [5.74, 6) is 0. The standard InChI is InChI=1S/C39H48N2/c1-19-15-31(16-20(2)37(19)40-13)39(32-17-21(3)38(41-14)22(4)18-32)35-29(11)25(7)23(5)27(9)33(35)34-28(10)24(6)26(8)30(12)36(34)39/h15-18,40-41H,1-14H3. The molecule has 4 aromatic carbocycles. The molecular weight excluding hydrogens is 496 g/mol. The van der Waals surface area contributed by atoms with Crippen LogP contribution in [0.4, 0.5) is 11.4 Å². The quantitative estimate of drug-likeness (QED) is 0.235. The van der Waals surface area contributed by atoms with Crippen molar-refractivity contribution in [1.29, 1.82) is 0 Å². The number of benzene rings is 4. The van der Waals surface area contributed by atoms with Crippen LogP contribution in [0.25, 0.3) is 11.1 Å². The highest BCUT2D eigenvalue weighted by Crippen LogP contribution is 2.62. The van der Waals surface area contributed by atoms with Crippen molar-refractivity contribution in [3.8, 4) is 11.1 Å². The SMILES string of the molecule is CNc1c(C)cc(C2(c3cc(C)c(NC)c(C)c3)c3c(C)c(C)c(C)c(C)c3-c3c(C)c(C)c(C)c(C)c32)cc1C. The summed E-state index contributed by atoms with van der Waals surface area (Å²) in [7, 11) is 4.07. The van der Waals surface area contributed by atoms with Crippen molar-refractivity contribution in [2.24, 2.45) is 0 Å². The summed E-state index contributed by atoms with van der Waals surface area (Å²) >= 11 is 0. The van der Waals surface area contributed by atoms with Crippen LogP contribution >= 0.6 is 0 Å². The number of hydrogen-bond acceptors (Lipinski definition) is 2. The van der Waals surface area contributed by atoms with E-state index in [0.717, 1.165) is 0 Å². The van der Waals surface area contributed by atoms with Gasteiger partial charge in [-0.3, -0.25) is 0 Å². The Hall–Kier alpha value is -3.52. The average molecular weight is 545 g/mol. The third-order valence-electron chi connectivity index (χ3n) is 10.8. The van der Waals surface area contributed by atoms with Gasteiger partial charge in [0.15, 0.2) is 0 Å². The molecule has 4 aromatic rings. The average Bonchev–Trinajstić information content (AvgIpc) is 3.25. The van der Waals surface area contributed by atoms with Crippen LogP contribution in [0.3, 0.4) is 0 Å².